The summed E-state index contributed by atoms with van der Waals surface area (Å²) in [5, 5.41) is 9.77. The Balaban J connectivity index is 2.09. The van der Waals surface area contributed by atoms with Gasteiger partial charge in [-0.1, -0.05) is 13.3 Å². The van der Waals surface area contributed by atoms with Crippen LogP contribution in [0.25, 0.3) is 0 Å². The second-order valence-electron chi connectivity index (χ2n) is 5.03. The maximum absolute atomic E-state index is 12.1. The Hall–Kier alpha value is -1.56. The molecule has 1 atom stereocenters. The van der Waals surface area contributed by atoms with Crippen molar-refractivity contribution in [1.82, 2.24) is 15.5 Å². The molecule has 1 aromatic heterocycles. The number of nitrogen functional groups attached to an aromatic ring is 1. The summed E-state index contributed by atoms with van der Waals surface area (Å²) < 4.78 is 5.30. The van der Waals surface area contributed by atoms with Gasteiger partial charge in [0.05, 0.1) is 23.5 Å². The zero-order valence-corrected chi connectivity index (χ0v) is 10.9. The van der Waals surface area contributed by atoms with Crippen molar-refractivity contribution in [3.8, 4) is 0 Å². The van der Waals surface area contributed by atoms with E-state index in [0.717, 1.165) is 25.0 Å². The Morgan fingerprint density at radius 1 is 1.67 bits per heavy atom. The number of rotatable bonds is 4. The van der Waals surface area contributed by atoms with Crippen molar-refractivity contribution in [2.45, 2.75) is 38.6 Å². The van der Waals surface area contributed by atoms with Gasteiger partial charge in [0, 0.05) is 6.61 Å². The molecule has 6 heteroatoms. The van der Waals surface area contributed by atoms with Crippen molar-refractivity contribution in [2.24, 2.45) is 0 Å². The van der Waals surface area contributed by atoms with E-state index in [1.165, 1.54) is 0 Å². The van der Waals surface area contributed by atoms with Crippen LogP contribution >= 0.6 is 0 Å². The summed E-state index contributed by atoms with van der Waals surface area (Å²) in [5.74, 6) is -0.237. The SMILES string of the molecule is CCCc1[nH]nc(C(=O)NC2(C)CCOC2)c1N. The fraction of sp³-hybridized carbons (Fsp3) is 0.667. The topological polar surface area (TPSA) is 93.0 Å². The number of amides is 1. The first-order chi connectivity index (χ1) is 8.56. The molecule has 1 aliphatic rings. The normalized spacial score (nSPS) is 23.2. The number of aromatic nitrogens is 2. The third kappa shape index (κ3) is 2.48. The second-order valence-corrected chi connectivity index (χ2v) is 5.03. The second kappa shape index (κ2) is 4.97. The summed E-state index contributed by atoms with van der Waals surface area (Å²) in [6.45, 7) is 5.23. The van der Waals surface area contributed by atoms with Crippen LogP contribution in [0.15, 0.2) is 0 Å². The number of nitrogens with two attached hydrogens (primary N) is 1. The van der Waals surface area contributed by atoms with Crippen molar-refractivity contribution in [3.05, 3.63) is 11.4 Å². The number of nitrogens with zero attached hydrogens (tertiary/aromatic N) is 1. The highest BCUT2D eigenvalue weighted by Gasteiger charge is 2.32. The zero-order valence-electron chi connectivity index (χ0n) is 10.9. The molecule has 6 nitrogen and oxygen atoms in total. The lowest BCUT2D eigenvalue weighted by Gasteiger charge is -2.22. The van der Waals surface area contributed by atoms with E-state index in [0.29, 0.717) is 18.9 Å². The van der Waals surface area contributed by atoms with Crippen LogP contribution in [0.3, 0.4) is 0 Å². The summed E-state index contributed by atoms with van der Waals surface area (Å²) in [6, 6.07) is 0. The monoisotopic (exact) mass is 252 g/mol. The van der Waals surface area contributed by atoms with E-state index < -0.39 is 0 Å². The molecule has 1 unspecified atom stereocenters. The fourth-order valence-electron chi connectivity index (χ4n) is 2.10. The van der Waals surface area contributed by atoms with Gasteiger partial charge in [0.2, 0.25) is 0 Å². The highest BCUT2D eigenvalue weighted by atomic mass is 16.5. The van der Waals surface area contributed by atoms with Crippen molar-refractivity contribution >= 4 is 11.6 Å². The zero-order chi connectivity index (χ0) is 13.2. The Morgan fingerprint density at radius 3 is 3.06 bits per heavy atom. The minimum absolute atomic E-state index is 0.237. The van der Waals surface area contributed by atoms with Crippen molar-refractivity contribution in [3.63, 3.8) is 0 Å². The smallest absolute Gasteiger partial charge is 0.274 e. The average molecular weight is 252 g/mol. The lowest BCUT2D eigenvalue weighted by atomic mass is 10.0. The number of hydrogen-bond acceptors (Lipinski definition) is 4. The highest BCUT2D eigenvalue weighted by Crippen LogP contribution is 2.20. The molecule has 2 heterocycles. The van der Waals surface area contributed by atoms with Crippen molar-refractivity contribution in [1.29, 1.82) is 0 Å². The summed E-state index contributed by atoms with van der Waals surface area (Å²) in [4.78, 5) is 12.1. The summed E-state index contributed by atoms with van der Waals surface area (Å²) in [6.07, 6.45) is 2.57. The highest BCUT2D eigenvalue weighted by molar-refractivity contribution is 5.98. The Morgan fingerprint density at radius 2 is 2.44 bits per heavy atom. The van der Waals surface area contributed by atoms with E-state index in [9.17, 15) is 4.79 Å². The minimum Gasteiger partial charge on any atom is -0.395 e. The van der Waals surface area contributed by atoms with Crippen LogP contribution in [0, 0.1) is 0 Å². The Labute approximate surface area is 106 Å². The van der Waals surface area contributed by atoms with Crippen LogP contribution in [-0.2, 0) is 11.2 Å². The number of carbonyl (C=O) groups is 1. The van der Waals surface area contributed by atoms with Gasteiger partial charge in [0.25, 0.3) is 5.91 Å². The van der Waals surface area contributed by atoms with Gasteiger partial charge in [-0.2, -0.15) is 5.10 Å². The van der Waals surface area contributed by atoms with Crippen LogP contribution in [0.2, 0.25) is 0 Å². The molecule has 100 valence electrons. The predicted octanol–water partition coefficient (Wildman–Crippen LogP) is 0.853. The standard InChI is InChI=1S/C12H20N4O2/c1-3-4-8-9(13)10(16-15-8)11(17)14-12(2)5-6-18-7-12/h3-7,13H2,1-2H3,(H,14,17)(H,15,16). The number of aromatic amines is 1. The number of anilines is 1. The van der Waals surface area contributed by atoms with Crippen LogP contribution in [0.5, 0.6) is 0 Å². The molecule has 2 rings (SSSR count). The maximum Gasteiger partial charge on any atom is 0.274 e. The fourth-order valence-corrected chi connectivity index (χ4v) is 2.10. The third-order valence-electron chi connectivity index (χ3n) is 3.23. The minimum atomic E-state index is -0.312. The third-order valence-corrected chi connectivity index (χ3v) is 3.23. The van der Waals surface area contributed by atoms with E-state index >= 15 is 0 Å². The molecule has 0 bridgehead atoms. The van der Waals surface area contributed by atoms with Gasteiger partial charge in [-0.05, 0) is 19.8 Å². The van der Waals surface area contributed by atoms with Crippen LogP contribution in [-0.4, -0.2) is 34.9 Å². The van der Waals surface area contributed by atoms with E-state index in [1.807, 2.05) is 6.92 Å². The molecule has 1 aromatic rings. The molecule has 0 radical (unpaired) electrons. The molecule has 0 saturated carbocycles. The molecule has 18 heavy (non-hydrogen) atoms. The van der Waals surface area contributed by atoms with E-state index in [1.54, 1.807) is 0 Å². The molecule has 1 saturated heterocycles. The number of aryl methyl sites for hydroxylation is 1. The first kappa shape index (κ1) is 12.9. The van der Waals surface area contributed by atoms with Crippen molar-refractivity contribution < 1.29 is 9.53 Å². The molecule has 0 aliphatic carbocycles. The molecule has 4 N–H and O–H groups in total. The van der Waals surface area contributed by atoms with Gasteiger partial charge < -0.3 is 15.8 Å². The molecule has 1 amide bonds. The Bertz CT molecular complexity index is 435. The molecular formula is C12H20N4O2. The van der Waals surface area contributed by atoms with E-state index in [2.05, 4.69) is 22.4 Å². The van der Waals surface area contributed by atoms with Gasteiger partial charge in [0.1, 0.15) is 0 Å². The van der Waals surface area contributed by atoms with Gasteiger partial charge in [-0.25, -0.2) is 0 Å². The molecule has 1 aliphatic heterocycles. The van der Waals surface area contributed by atoms with E-state index in [4.69, 9.17) is 10.5 Å². The maximum atomic E-state index is 12.1. The summed E-state index contributed by atoms with van der Waals surface area (Å²) in [5.41, 5.74) is 7.18. The molecule has 0 aromatic carbocycles. The lowest BCUT2D eigenvalue weighted by molar-refractivity contribution is 0.0885. The number of nitrogens with one attached hydrogen (secondary N) is 2. The predicted molar refractivity (Wildman–Crippen MR) is 68.3 cm³/mol. The van der Waals surface area contributed by atoms with Crippen molar-refractivity contribution in [2.75, 3.05) is 18.9 Å². The molecule has 1 fully saturated rings. The average Bonchev–Trinajstić information content (AvgIpc) is 2.88. The molecule has 0 spiro atoms. The summed E-state index contributed by atoms with van der Waals surface area (Å²) in [7, 11) is 0. The first-order valence-corrected chi connectivity index (χ1v) is 6.29. The van der Waals surface area contributed by atoms with Gasteiger partial charge in [0.15, 0.2) is 5.69 Å². The van der Waals surface area contributed by atoms with E-state index in [-0.39, 0.29) is 17.1 Å². The number of ether oxygens (including phenoxy) is 1. The number of H-pyrrole nitrogens is 1. The van der Waals surface area contributed by atoms with Crippen LogP contribution < -0.4 is 11.1 Å². The quantitative estimate of drug-likeness (QED) is 0.740. The summed E-state index contributed by atoms with van der Waals surface area (Å²) >= 11 is 0. The Kier molecular flexibility index (Phi) is 3.56. The molecular weight excluding hydrogens is 232 g/mol. The number of hydrogen-bond donors (Lipinski definition) is 3. The first-order valence-electron chi connectivity index (χ1n) is 6.29. The lowest BCUT2D eigenvalue weighted by Crippen LogP contribution is -2.46. The van der Waals surface area contributed by atoms with Gasteiger partial charge in [-0.3, -0.25) is 9.89 Å². The van der Waals surface area contributed by atoms with Gasteiger partial charge >= 0.3 is 0 Å². The number of carbonyl (C=O) groups excluding carboxylic acids is 1. The largest absolute Gasteiger partial charge is 0.395 e. The van der Waals surface area contributed by atoms with Gasteiger partial charge in [-0.15, -0.1) is 0 Å². The van der Waals surface area contributed by atoms with Crippen LogP contribution in [0.1, 0.15) is 42.9 Å². The van der Waals surface area contributed by atoms with Crippen LogP contribution in [0.4, 0.5) is 5.69 Å².